The van der Waals surface area contributed by atoms with Crippen molar-refractivity contribution in [3.63, 3.8) is 0 Å². The highest BCUT2D eigenvalue weighted by Gasteiger charge is 1.98. The van der Waals surface area contributed by atoms with Gasteiger partial charge in [-0.25, -0.2) is 4.98 Å². The average molecular weight is 193 g/mol. The van der Waals surface area contributed by atoms with E-state index in [2.05, 4.69) is 16.8 Å². The number of pyridine rings is 1. The van der Waals surface area contributed by atoms with Crippen LogP contribution in [0.25, 0.3) is 0 Å². The molecule has 0 aliphatic heterocycles. The summed E-state index contributed by atoms with van der Waals surface area (Å²) in [6, 6.07) is 4.82. The van der Waals surface area contributed by atoms with Crippen LogP contribution < -0.4 is 0 Å². The maximum atomic E-state index is 9.02. The van der Waals surface area contributed by atoms with Crippen LogP contribution in [0.3, 0.4) is 0 Å². The molecule has 0 bridgehead atoms. The smallest absolute Gasteiger partial charge is 0.172 e. The van der Waals surface area contributed by atoms with Gasteiger partial charge in [0.05, 0.1) is 12.5 Å². The third-order valence-electron chi connectivity index (χ3n) is 1.21. The molecule has 64 valence electrons. The quantitative estimate of drug-likeness (QED) is 0.503. The lowest BCUT2D eigenvalue weighted by atomic mass is 10.3. The number of hydrogen-bond donors (Lipinski definition) is 1. The Morgan fingerprint density at radius 2 is 2.31 bits per heavy atom. The van der Waals surface area contributed by atoms with Gasteiger partial charge in [0.1, 0.15) is 5.69 Å². The van der Waals surface area contributed by atoms with Gasteiger partial charge in [0, 0.05) is 0 Å². The molecule has 0 aliphatic rings. The first-order valence-corrected chi connectivity index (χ1v) is 3.83. The monoisotopic (exact) mass is 192 g/mol. The Balaban J connectivity index is 2.89. The lowest BCUT2D eigenvalue weighted by Crippen LogP contribution is -1.82. The van der Waals surface area contributed by atoms with Gasteiger partial charge < -0.3 is 5.11 Å². The Bertz CT molecular complexity index is 412. The second-order valence-electron chi connectivity index (χ2n) is 2.14. The minimum atomic E-state index is -0.0764. The normalized spacial score (nSPS) is 8.31. The van der Waals surface area contributed by atoms with E-state index in [4.69, 9.17) is 22.0 Å². The van der Waals surface area contributed by atoms with E-state index in [1.165, 1.54) is 12.1 Å². The van der Waals surface area contributed by atoms with Crippen LogP contribution in [0.15, 0.2) is 12.1 Å². The molecule has 0 aliphatic carbocycles. The second kappa shape index (κ2) is 4.35. The lowest BCUT2D eigenvalue weighted by molar-refractivity contribution is 0.473. The van der Waals surface area contributed by atoms with E-state index >= 15 is 0 Å². The minimum Gasteiger partial charge on any atom is -0.505 e. The van der Waals surface area contributed by atoms with Crippen LogP contribution in [0, 0.1) is 23.2 Å². The fourth-order valence-corrected chi connectivity index (χ4v) is 0.825. The summed E-state index contributed by atoms with van der Waals surface area (Å²) in [4.78, 5) is 3.78. The van der Waals surface area contributed by atoms with Crippen molar-refractivity contribution in [2.75, 3.05) is 0 Å². The van der Waals surface area contributed by atoms with Crippen LogP contribution in [-0.2, 0) is 0 Å². The number of nitriles is 1. The molecule has 0 saturated heterocycles. The van der Waals surface area contributed by atoms with Crippen LogP contribution in [0.4, 0.5) is 0 Å². The lowest BCUT2D eigenvalue weighted by Gasteiger charge is -1.94. The Morgan fingerprint density at radius 1 is 1.54 bits per heavy atom. The molecule has 1 aromatic rings. The van der Waals surface area contributed by atoms with Crippen molar-refractivity contribution in [1.29, 1.82) is 5.26 Å². The van der Waals surface area contributed by atoms with Crippen LogP contribution in [0.1, 0.15) is 12.1 Å². The molecular weight excluding hydrogens is 188 g/mol. The van der Waals surface area contributed by atoms with Gasteiger partial charge in [0.2, 0.25) is 0 Å². The van der Waals surface area contributed by atoms with Gasteiger partial charge in [-0.15, -0.1) is 0 Å². The summed E-state index contributed by atoms with van der Waals surface area (Å²) in [5.74, 6) is 5.14. The fourth-order valence-electron chi connectivity index (χ4n) is 0.671. The maximum absolute atomic E-state index is 9.02. The van der Waals surface area contributed by atoms with Gasteiger partial charge in [-0.05, 0) is 18.1 Å². The van der Waals surface area contributed by atoms with Crippen LogP contribution in [0.2, 0.25) is 5.15 Å². The summed E-state index contributed by atoms with van der Waals surface area (Å²) in [5, 5.41) is 17.2. The molecule has 0 radical (unpaired) electrons. The molecule has 1 rings (SSSR count). The first-order chi connectivity index (χ1) is 6.24. The molecular formula is C9H5ClN2O. The van der Waals surface area contributed by atoms with E-state index in [1.807, 2.05) is 6.07 Å². The molecule has 4 heteroatoms. The second-order valence-corrected chi connectivity index (χ2v) is 2.50. The van der Waals surface area contributed by atoms with E-state index in [0.717, 1.165) is 0 Å². The number of aromatic nitrogens is 1. The van der Waals surface area contributed by atoms with Crippen molar-refractivity contribution in [3.05, 3.63) is 23.0 Å². The Kier molecular flexibility index (Phi) is 3.14. The molecule has 0 unspecified atom stereocenters. The standard InChI is InChI=1S/C9H5ClN2O/c10-9-8(13)5-4-7(12-9)3-1-2-6-11/h4-5,13H,2H2. The van der Waals surface area contributed by atoms with Crippen molar-refractivity contribution < 1.29 is 5.11 Å². The zero-order valence-electron chi connectivity index (χ0n) is 6.58. The maximum Gasteiger partial charge on any atom is 0.172 e. The van der Waals surface area contributed by atoms with E-state index < -0.39 is 0 Å². The van der Waals surface area contributed by atoms with Gasteiger partial charge in [0.25, 0.3) is 0 Å². The number of nitrogens with zero attached hydrogens (tertiary/aromatic N) is 2. The number of aromatic hydroxyl groups is 1. The molecule has 0 amide bonds. The molecule has 0 fully saturated rings. The van der Waals surface area contributed by atoms with Gasteiger partial charge in [-0.1, -0.05) is 17.5 Å². The highest BCUT2D eigenvalue weighted by molar-refractivity contribution is 6.30. The first kappa shape index (κ1) is 9.38. The summed E-state index contributed by atoms with van der Waals surface area (Å²) in [6.45, 7) is 0. The third kappa shape index (κ3) is 2.66. The molecule has 1 heterocycles. The van der Waals surface area contributed by atoms with Crippen LogP contribution >= 0.6 is 11.6 Å². The SMILES string of the molecule is N#CCC#Cc1ccc(O)c(Cl)n1. The zero-order chi connectivity index (χ0) is 9.68. The summed E-state index contributed by atoms with van der Waals surface area (Å²) < 4.78 is 0. The average Bonchev–Trinajstić information content (AvgIpc) is 2.12. The molecule has 0 atom stereocenters. The van der Waals surface area contributed by atoms with Crippen molar-refractivity contribution in [2.24, 2.45) is 0 Å². The highest BCUT2D eigenvalue weighted by Crippen LogP contribution is 2.19. The van der Waals surface area contributed by atoms with E-state index in [-0.39, 0.29) is 17.3 Å². The molecule has 1 aromatic heterocycles. The third-order valence-corrected chi connectivity index (χ3v) is 1.49. The van der Waals surface area contributed by atoms with Crippen molar-refractivity contribution in [1.82, 2.24) is 4.98 Å². The van der Waals surface area contributed by atoms with Crippen molar-refractivity contribution >= 4 is 11.6 Å². The van der Waals surface area contributed by atoms with Crippen LogP contribution in [-0.4, -0.2) is 10.1 Å². The number of halogens is 1. The first-order valence-electron chi connectivity index (χ1n) is 3.45. The van der Waals surface area contributed by atoms with Gasteiger partial charge >= 0.3 is 0 Å². The molecule has 0 spiro atoms. The summed E-state index contributed by atoms with van der Waals surface area (Å²) in [5.41, 5.74) is 0.443. The highest BCUT2D eigenvalue weighted by atomic mass is 35.5. The van der Waals surface area contributed by atoms with Crippen LogP contribution in [0.5, 0.6) is 5.75 Å². The minimum absolute atomic E-state index is 0.0174. The largest absolute Gasteiger partial charge is 0.505 e. The van der Waals surface area contributed by atoms with E-state index in [1.54, 1.807) is 0 Å². The van der Waals surface area contributed by atoms with Crippen molar-refractivity contribution in [2.45, 2.75) is 6.42 Å². The summed E-state index contributed by atoms with van der Waals surface area (Å²) in [6.07, 6.45) is 0.153. The predicted octanol–water partition coefficient (Wildman–Crippen LogP) is 1.71. The Labute approximate surface area is 80.6 Å². The van der Waals surface area contributed by atoms with E-state index in [0.29, 0.717) is 5.69 Å². The topological polar surface area (TPSA) is 56.9 Å². The number of rotatable bonds is 0. The molecule has 3 nitrogen and oxygen atoms in total. The molecule has 13 heavy (non-hydrogen) atoms. The fraction of sp³-hybridized carbons (Fsp3) is 0.111. The predicted molar refractivity (Wildman–Crippen MR) is 48.0 cm³/mol. The summed E-state index contributed by atoms with van der Waals surface area (Å²) >= 11 is 5.53. The zero-order valence-corrected chi connectivity index (χ0v) is 7.34. The number of hydrogen-bond acceptors (Lipinski definition) is 3. The Morgan fingerprint density at radius 3 is 2.92 bits per heavy atom. The van der Waals surface area contributed by atoms with Gasteiger partial charge in [-0.2, -0.15) is 5.26 Å². The van der Waals surface area contributed by atoms with E-state index in [9.17, 15) is 0 Å². The van der Waals surface area contributed by atoms with Crippen molar-refractivity contribution in [3.8, 4) is 23.7 Å². The molecule has 1 N–H and O–H groups in total. The molecule has 0 saturated carbocycles. The Hall–Kier alpha value is -1.71. The van der Waals surface area contributed by atoms with Gasteiger partial charge in [-0.3, -0.25) is 0 Å². The molecule has 0 aromatic carbocycles. The summed E-state index contributed by atoms with van der Waals surface area (Å²) in [7, 11) is 0. The van der Waals surface area contributed by atoms with Gasteiger partial charge in [0.15, 0.2) is 10.9 Å².